The summed E-state index contributed by atoms with van der Waals surface area (Å²) in [6, 6.07) is 1.14. The Balaban J connectivity index is 2.35. The molecule has 1 heterocycles. The predicted octanol–water partition coefficient (Wildman–Crippen LogP) is 3.27. The van der Waals surface area contributed by atoms with Crippen LogP contribution in [-0.4, -0.2) is 21.8 Å². The predicted molar refractivity (Wildman–Crippen MR) is 84.5 cm³/mol. The molecule has 0 amide bonds. The monoisotopic (exact) mass is 312 g/mol. The highest BCUT2D eigenvalue weighted by Gasteiger charge is 2.29. The summed E-state index contributed by atoms with van der Waals surface area (Å²) < 4.78 is 5.52. The number of fused-ring (bicyclic) bond motifs is 2. The SMILES string of the molecule is CC(=O)C1=CCCC2=C1C=COc1c(C(C)=O)c(O)cc(O)c12. The molecule has 0 spiro atoms. The number of allylic oxidation sites excluding steroid dienone is 5. The summed E-state index contributed by atoms with van der Waals surface area (Å²) in [4.78, 5) is 23.7. The number of hydrogen-bond acceptors (Lipinski definition) is 5. The van der Waals surface area contributed by atoms with E-state index in [0.717, 1.165) is 11.6 Å². The fourth-order valence-electron chi connectivity index (χ4n) is 3.10. The first-order valence-electron chi connectivity index (χ1n) is 7.30. The van der Waals surface area contributed by atoms with Crippen LogP contribution in [-0.2, 0) is 4.79 Å². The third kappa shape index (κ3) is 2.34. The van der Waals surface area contributed by atoms with Gasteiger partial charge in [0, 0.05) is 11.6 Å². The molecule has 2 N–H and O–H groups in total. The molecule has 0 unspecified atom stereocenters. The minimum absolute atomic E-state index is 0.0233. The van der Waals surface area contributed by atoms with Gasteiger partial charge in [-0.25, -0.2) is 0 Å². The lowest BCUT2D eigenvalue weighted by Gasteiger charge is -2.20. The lowest BCUT2D eigenvalue weighted by Crippen LogP contribution is -2.07. The van der Waals surface area contributed by atoms with Crippen LogP contribution in [0.5, 0.6) is 17.2 Å². The van der Waals surface area contributed by atoms with Crippen molar-refractivity contribution in [2.24, 2.45) is 0 Å². The molecule has 1 aliphatic heterocycles. The molecule has 2 aliphatic rings. The number of hydrogen-bond donors (Lipinski definition) is 2. The minimum Gasteiger partial charge on any atom is -0.507 e. The summed E-state index contributed by atoms with van der Waals surface area (Å²) >= 11 is 0. The van der Waals surface area contributed by atoms with Gasteiger partial charge in [-0.05, 0) is 43.9 Å². The smallest absolute Gasteiger partial charge is 0.167 e. The molecule has 5 nitrogen and oxygen atoms in total. The molecule has 0 saturated carbocycles. The Hall–Kier alpha value is -2.82. The molecule has 1 aromatic carbocycles. The van der Waals surface area contributed by atoms with Gasteiger partial charge in [-0.3, -0.25) is 9.59 Å². The first kappa shape index (κ1) is 15.1. The summed E-state index contributed by atoms with van der Waals surface area (Å²) in [6.45, 7) is 2.81. The zero-order valence-corrected chi connectivity index (χ0v) is 12.8. The number of rotatable bonds is 2. The molecule has 3 rings (SSSR count). The first-order valence-corrected chi connectivity index (χ1v) is 7.30. The van der Waals surface area contributed by atoms with Gasteiger partial charge in [0.2, 0.25) is 0 Å². The average Bonchev–Trinajstić information content (AvgIpc) is 2.65. The third-order valence-electron chi connectivity index (χ3n) is 4.05. The van der Waals surface area contributed by atoms with Crippen molar-refractivity contribution in [3.63, 3.8) is 0 Å². The quantitative estimate of drug-likeness (QED) is 0.819. The molecule has 1 aromatic rings. The Morgan fingerprint density at radius 1 is 1.13 bits per heavy atom. The summed E-state index contributed by atoms with van der Waals surface area (Å²) in [5, 5.41) is 20.3. The van der Waals surface area contributed by atoms with E-state index in [1.807, 2.05) is 6.08 Å². The molecular weight excluding hydrogens is 296 g/mol. The molecule has 0 bridgehead atoms. The van der Waals surface area contributed by atoms with Gasteiger partial charge in [-0.15, -0.1) is 0 Å². The molecule has 0 atom stereocenters. The van der Waals surface area contributed by atoms with E-state index in [2.05, 4.69) is 0 Å². The Bertz CT molecular complexity index is 824. The zero-order chi connectivity index (χ0) is 16.7. The molecular formula is C18H16O5. The van der Waals surface area contributed by atoms with Crippen molar-refractivity contribution in [3.05, 3.63) is 46.8 Å². The van der Waals surface area contributed by atoms with Crippen molar-refractivity contribution >= 4 is 17.1 Å². The van der Waals surface area contributed by atoms with Gasteiger partial charge in [-0.2, -0.15) is 0 Å². The first-order chi connectivity index (χ1) is 10.9. The van der Waals surface area contributed by atoms with Crippen LogP contribution in [0.15, 0.2) is 35.6 Å². The van der Waals surface area contributed by atoms with Gasteiger partial charge in [0.05, 0.1) is 11.8 Å². The molecule has 23 heavy (non-hydrogen) atoms. The van der Waals surface area contributed by atoms with Crippen LogP contribution >= 0.6 is 0 Å². The minimum atomic E-state index is -0.366. The van der Waals surface area contributed by atoms with E-state index in [9.17, 15) is 19.8 Å². The van der Waals surface area contributed by atoms with Crippen molar-refractivity contribution in [1.82, 2.24) is 0 Å². The van der Waals surface area contributed by atoms with Crippen LogP contribution in [0.1, 0.15) is 42.6 Å². The van der Waals surface area contributed by atoms with E-state index in [0.29, 0.717) is 29.6 Å². The van der Waals surface area contributed by atoms with Crippen molar-refractivity contribution in [2.75, 3.05) is 0 Å². The van der Waals surface area contributed by atoms with Crippen LogP contribution < -0.4 is 4.74 Å². The van der Waals surface area contributed by atoms with Crippen LogP contribution in [0, 0.1) is 0 Å². The summed E-state index contributed by atoms with van der Waals surface area (Å²) in [7, 11) is 0. The summed E-state index contributed by atoms with van der Waals surface area (Å²) in [6.07, 6.45) is 6.13. The number of Topliss-reactive ketones (excluding diaryl/α,β-unsaturated/α-hetero) is 2. The topological polar surface area (TPSA) is 83.8 Å². The van der Waals surface area contributed by atoms with E-state index in [4.69, 9.17) is 4.74 Å². The van der Waals surface area contributed by atoms with Crippen molar-refractivity contribution < 1.29 is 24.5 Å². The van der Waals surface area contributed by atoms with E-state index in [1.165, 1.54) is 20.1 Å². The lowest BCUT2D eigenvalue weighted by atomic mass is 9.84. The van der Waals surface area contributed by atoms with E-state index in [-0.39, 0.29) is 34.4 Å². The Kier molecular flexibility index (Phi) is 3.56. The normalized spacial score (nSPS) is 16.0. The maximum absolute atomic E-state index is 11.9. The highest BCUT2D eigenvalue weighted by atomic mass is 16.5. The van der Waals surface area contributed by atoms with Gasteiger partial charge in [0.1, 0.15) is 17.1 Å². The van der Waals surface area contributed by atoms with Crippen LogP contribution in [0.2, 0.25) is 0 Å². The molecule has 5 heteroatoms. The highest BCUT2D eigenvalue weighted by Crippen LogP contribution is 2.48. The van der Waals surface area contributed by atoms with E-state index >= 15 is 0 Å². The summed E-state index contributed by atoms with van der Waals surface area (Å²) in [5.74, 6) is -0.821. The van der Waals surface area contributed by atoms with Gasteiger partial charge in [0.25, 0.3) is 0 Å². The largest absolute Gasteiger partial charge is 0.507 e. The Labute approximate surface area is 133 Å². The second-order valence-electron chi connectivity index (χ2n) is 5.58. The third-order valence-corrected chi connectivity index (χ3v) is 4.05. The number of ether oxygens (including phenoxy) is 1. The number of aromatic hydroxyl groups is 2. The van der Waals surface area contributed by atoms with Gasteiger partial charge < -0.3 is 14.9 Å². The van der Waals surface area contributed by atoms with Crippen LogP contribution in [0.25, 0.3) is 5.57 Å². The fraction of sp³-hybridized carbons (Fsp3) is 0.222. The van der Waals surface area contributed by atoms with Crippen molar-refractivity contribution in [1.29, 1.82) is 0 Å². The van der Waals surface area contributed by atoms with Crippen molar-refractivity contribution in [3.8, 4) is 17.2 Å². The average molecular weight is 312 g/mol. The van der Waals surface area contributed by atoms with Gasteiger partial charge >= 0.3 is 0 Å². The fourth-order valence-corrected chi connectivity index (χ4v) is 3.10. The number of carbonyl (C=O) groups excluding carboxylic acids is 2. The molecule has 0 radical (unpaired) electrons. The number of phenols is 2. The Morgan fingerprint density at radius 3 is 2.52 bits per heavy atom. The molecule has 0 fully saturated rings. The maximum atomic E-state index is 11.9. The number of benzene rings is 1. The van der Waals surface area contributed by atoms with E-state index in [1.54, 1.807) is 6.08 Å². The number of phenolic OH excluding ortho intramolecular Hbond substituents is 2. The molecule has 118 valence electrons. The second-order valence-corrected chi connectivity index (χ2v) is 5.58. The second kappa shape index (κ2) is 5.43. The molecule has 1 aliphatic carbocycles. The molecule has 0 aromatic heterocycles. The molecule has 0 saturated heterocycles. The lowest BCUT2D eigenvalue weighted by molar-refractivity contribution is -0.113. The van der Waals surface area contributed by atoms with Crippen molar-refractivity contribution in [2.45, 2.75) is 26.7 Å². The summed E-state index contributed by atoms with van der Waals surface area (Å²) in [5.41, 5.74) is 2.37. The maximum Gasteiger partial charge on any atom is 0.167 e. The van der Waals surface area contributed by atoms with Gasteiger partial charge in [-0.1, -0.05) is 6.08 Å². The number of carbonyl (C=O) groups is 2. The van der Waals surface area contributed by atoms with Crippen LogP contribution in [0.3, 0.4) is 0 Å². The standard InChI is InChI=1S/C18H16O5/c1-9(19)11-4-3-5-13-12(11)6-7-23-18-16(10(2)20)14(21)8-15(22)17(13)18/h4,6-8,21-22H,3,5H2,1-2H3. The zero-order valence-electron chi connectivity index (χ0n) is 12.8. The van der Waals surface area contributed by atoms with Crippen LogP contribution in [0.4, 0.5) is 0 Å². The van der Waals surface area contributed by atoms with Gasteiger partial charge in [0.15, 0.2) is 17.3 Å². The van der Waals surface area contributed by atoms with E-state index < -0.39 is 0 Å². The number of ketones is 2. The highest BCUT2D eigenvalue weighted by molar-refractivity contribution is 6.06. The Morgan fingerprint density at radius 2 is 1.87 bits per heavy atom.